The summed E-state index contributed by atoms with van der Waals surface area (Å²) in [7, 11) is 0. The molecule has 0 saturated carbocycles. The van der Waals surface area contributed by atoms with Gasteiger partial charge in [-0.1, -0.05) is 119 Å². The lowest BCUT2D eigenvalue weighted by Crippen LogP contribution is -2.41. The molecule has 0 radical (unpaired) electrons. The highest BCUT2D eigenvalue weighted by atomic mass is 16.6. The summed E-state index contributed by atoms with van der Waals surface area (Å²) in [6.07, 6.45) is 17.3. The van der Waals surface area contributed by atoms with E-state index in [0.717, 1.165) is 25.7 Å². The molecule has 0 fully saturated rings. The van der Waals surface area contributed by atoms with Crippen molar-refractivity contribution in [2.45, 2.75) is 150 Å². The zero-order chi connectivity index (χ0) is 24.2. The van der Waals surface area contributed by atoms with Gasteiger partial charge in [-0.25, -0.2) is 0 Å². The first kappa shape index (κ1) is 30.9. The molecule has 4 heteroatoms. The Morgan fingerprint density at radius 2 is 1.06 bits per heavy atom. The average Bonchev–Trinajstić information content (AvgIpc) is 2.74. The highest BCUT2D eigenvalue weighted by Gasteiger charge is 2.36. The van der Waals surface area contributed by atoms with Crippen molar-refractivity contribution in [2.75, 3.05) is 6.61 Å². The van der Waals surface area contributed by atoms with E-state index in [1.165, 1.54) is 64.2 Å². The number of esters is 2. The van der Waals surface area contributed by atoms with Gasteiger partial charge in [0.2, 0.25) is 0 Å². The Kier molecular flexibility index (Phi) is 18.8. The Hall–Kier alpha value is -1.06. The van der Waals surface area contributed by atoms with E-state index < -0.39 is 5.41 Å². The standard InChI is InChI=1S/C28H54O4/c1-7-9-11-13-15-17-19-21-25(29)31-23-28(5,6)27(24(3)4)32-26(30)22-20-18-16-14-12-10-8-2/h24,27H,7-23H2,1-6H3. The molecule has 0 saturated heterocycles. The number of rotatable bonds is 21. The van der Waals surface area contributed by atoms with Gasteiger partial charge in [-0.05, 0) is 18.8 Å². The third kappa shape index (κ3) is 16.6. The normalized spacial score (nSPS) is 12.7. The van der Waals surface area contributed by atoms with Crippen LogP contribution < -0.4 is 0 Å². The van der Waals surface area contributed by atoms with Crippen LogP contribution in [0.1, 0.15) is 144 Å². The number of carbonyl (C=O) groups excluding carboxylic acids is 2. The van der Waals surface area contributed by atoms with Crippen LogP contribution >= 0.6 is 0 Å². The van der Waals surface area contributed by atoms with E-state index in [9.17, 15) is 9.59 Å². The van der Waals surface area contributed by atoms with Crippen molar-refractivity contribution >= 4 is 11.9 Å². The van der Waals surface area contributed by atoms with E-state index in [-0.39, 0.29) is 30.6 Å². The molecule has 0 aliphatic rings. The van der Waals surface area contributed by atoms with Gasteiger partial charge in [-0.2, -0.15) is 0 Å². The average molecular weight is 455 g/mol. The first-order valence-electron chi connectivity index (χ1n) is 13.6. The minimum absolute atomic E-state index is 0.125. The van der Waals surface area contributed by atoms with Crippen LogP contribution in [-0.4, -0.2) is 24.6 Å². The molecule has 32 heavy (non-hydrogen) atoms. The van der Waals surface area contributed by atoms with E-state index in [2.05, 4.69) is 27.7 Å². The monoisotopic (exact) mass is 454 g/mol. The Bertz CT molecular complexity index is 470. The topological polar surface area (TPSA) is 52.6 Å². The van der Waals surface area contributed by atoms with Crippen LogP contribution in [0.2, 0.25) is 0 Å². The Morgan fingerprint density at radius 1 is 0.656 bits per heavy atom. The van der Waals surface area contributed by atoms with Gasteiger partial charge in [0.05, 0.1) is 6.61 Å². The zero-order valence-corrected chi connectivity index (χ0v) is 22.3. The fraction of sp³-hybridized carbons (Fsp3) is 0.929. The number of unbranched alkanes of at least 4 members (excludes halogenated alkanes) is 12. The summed E-state index contributed by atoms with van der Waals surface area (Å²) in [5, 5.41) is 0. The van der Waals surface area contributed by atoms with Crippen molar-refractivity contribution in [3.05, 3.63) is 0 Å². The third-order valence-electron chi connectivity index (χ3n) is 6.21. The summed E-state index contributed by atoms with van der Waals surface area (Å²) < 4.78 is 11.4. The van der Waals surface area contributed by atoms with Crippen LogP contribution in [0.15, 0.2) is 0 Å². The van der Waals surface area contributed by atoms with Gasteiger partial charge in [-0.3, -0.25) is 9.59 Å². The van der Waals surface area contributed by atoms with Crippen molar-refractivity contribution in [1.29, 1.82) is 0 Å². The van der Waals surface area contributed by atoms with Gasteiger partial charge >= 0.3 is 11.9 Å². The molecule has 0 heterocycles. The predicted molar refractivity (Wildman–Crippen MR) is 135 cm³/mol. The lowest BCUT2D eigenvalue weighted by molar-refractivity contribution is -0.165. The maximum atomic E-state index is 12.4. The predicted octanol–water partition coefficient (Wildman–Crippen LogP) is 8.41. The van der Waals surface area contributed by atoms with Crippen LogP contribution in [0.25, 0.3) is 0 Å². The molecule has 0 bridgehead atoms. The van der Waals surface area contributed by atoms with E-state index in [4.69, 9.17) is 9.47 Å². The molecule has 0 rings (SSSR count). The van der Waals surface area contributed by atoms with Gasteiger partial charge < -0.3 is 9.47 Å². The van der Waals surface area contributed by atoms with Crippen molar-refractivity contribution in [2.24, 2.45) is 11.3 Å². The molecule has 0 aliphatic heterocycles. The van der Waals surface area contributed by atoms with E-state index in [1.54, 1.807) is 0 Å². The van der Waals surface area contributed by atoms with Crippen molar-refractivity contribution in [3.8, 4) is 0 Å². The van der Waals surface area contributed by atoms with Crippen molar-refractivity contribution in [3.63, 3.8) is 0 Å². The van der Waals surface area contributed by atoms with Gasteiger partial charge in [0.25, 0.3) is 0 Å². The van der Waals surface area contributed by atoms with E-state index in [0.29, 0.717) is 12.8 Å². The maximum absolute atomic E-state index is 12.4. The minimum atomic E-state index is -0.403. The largest absolute Gasteiger partial charge is 0.465 e. The minimum Gasteiger partial charge on any atom is -0.465 e. The molecule has 4 nitrogen and oxygen atoms in total. The molecule has 0 aromatic rings. The van der Waals surface area contributed by atoms with Crippen LogP contribution in [0.3, 0.4) is 0 Å². The van der Waals surface area contributed by atoms with Crippen LogP contribution in [0, 0.1) is 11.3 Å². The summed E-state index contributed by atoms with van der Waals surface area (Å²) in [5.41, 5.74) is -0.403. The Balaban J connectivity index is 4.21. The number of carbonyl (C=O) groups is 2. The smallest absolute Gasteiger partial charge is 0.306 e. The maximum Gasteiger partial charge on any atom is 0.306 e. The SMILES string of the molecule is CCCCCCCCCC(=O)OCC(C)(C)C(OC(=O)CCCCCCCCC)C(C)C. The van der Waals surface area contributed by atoms with Crippen molar-refractivity contribution < 1.29 is 19.1 Å². The molecule has 0 aromatic heterocycles. The first-order valence-corrected chi connectivity index (χ1v) is 13.6. The van der Waals surface area contributed by atoms with Gasteiger partial charge in [-0.15, -0.1) is 0 Å². The summed E-state index contributed by atoms with van der Waals surface area (Å²) in [5.74, 6) is -0.0897. The highest BCUT2D eigenvalue weighted by molar-refractivity contribution is 5.70. The molecule has 0 aliphatic carbocycles. The molecule has 0 amide bonds. The summed E-state index contributed by atoms with van der Waals surface area (Å²) in [6.45, 7) is 12.9. The van der Waals surface area contributed by atoms with Gasteiger partial charge in [0.1, 0.15) is 6.10 Å². The van der Waals surface area contributed by atoms with Crippen LogP contribution in [0.5, 0.6) is 0 Å². The second-order valence-electron chi connectivity index (χ2n) is 10.5. The second-order valence-corrected chi connectivity index (χ2v) is 10.5. The zero-order valence-electron chi connectivity index (χ0n) is 22.3. The lowest BCUT2D eigenvalue weighted by Gasteiger charge is -2.36. The van der Waals surface area contributed by atoms with E-state index >= 15 is 0 Å². The molecule has 0 N–H and O–H groups in total. The van der Waals surface area contributed by atoms with Gasteiger partial charge in [0.15, 0.2) is 0 Å². The molecular weight excluding hydrogens is 400 g/mol. The molecule has 1 unspecified atom stereocenters. The molecule has 190 valence electrons. The Labute approximate surface area is 199 Å². The van der Waals surface area contributed by atoms with Crippen LogP contribution in [0.4, 0.5) is 0 Å². The third-order valence-corrected chi connectivity index (χ3v) is 6.21. The quantitative estimate of drug-likeness (QED) is 0.129. The molecule has 1 atom stereocenters. The van der Waals surface area contributed by atoms with Gasteiger partial charge in [0, 0.05) is 18.3 Å². The van der Waals surface area contributed by atoms with E-state index in [1.807, 2.05) is 13.8 Å². The molecular formula is C28H54O4. The molecule has 0 aromatic carbocycles. The van der Waals surface area contributed by atoms with Crippen LogP contribution in [-0.2, 0) is 19.1 Å². The number of hydrogen-bond donors (Lipinski definition) is 0. The summed E-state index contributed by atoms with van der Waals surface area (Å²) in [6, 6.07) is 0. The van der Waals surface area contributed by atoms with Crippen molar-refractivity contribution in [1.82, 2.24) is 0 Å². The Morgan fingerprint density at radius 3 is 1.50 bits per heavy atom. The summed E-state index contributed by atoms with van der Waals surface area (Å²) >= 11 is 0. The summed E-state index contributed by atoms with van der Waals surface area (Å²) in [4.78, 5) is 24.6. The fourth-order valence-electron chi connectivity index (χ4n) is 4.27. The lowest BCUT2D eigenvalue weighted by atomic mass is 9.81. The number of hydrogen-bond acceptors (Lipinski definition) is 4. The fourth-order valence-corrected chi connectivity index (χ4v) is 4.27. The highest BCUT2D eigenvalue weighted by Crippen LogP contribution is 2.30. The molecule has 0 spiro atoms. The second kappa shape index (κ2) is 19.4. The first-order chi connectivity index (χ1) is 15.2. The number of ether oxygens (including phenoxy) is 2.